The molecule has 10 rings (SSSR count). The minimum atomic E-state index is -0.0572. The van der Waals surface area contributed by atoms with Gasteiger partial charge >= 0.3 is 0 Å². The van der Waals surface area contributed by atoms with E-state index in [9.17, 15) is 0 Å². The molecule has 218 valence electrons. The van der Waals surface area contributed by atoms with E-state index in [1.165, 1.54) is 22.3 Å². The lowest BCUT2D eigenvalue weighted by atomic mass is 9.82. The van der Waals surface area contributed by atoms with Gasteiger partial charge in [-0.1, -0.05) is 92.7 Å². The summed E-state index contributed by atoms with van der Waals surface area (Å²) in [7, 11) is 0. The lowest BCUT2D eigenvalue weighted by Gasteiger charge is -2.27. The normalized spacial score (nSPS) is 13.6. The third-order valence-electron chi connectivity index (χ3n) is 10.0. The van der Waals surface area contributed by atoms with Crippen LogP contribution in [0.2, 0.25) is 0 Å². The first kappa shape index (κ1) is 25.5. The Hall–Kier alpha value is -5.80. The summed E-state index contributed by atoms with van der Waals surface area (Å²) >= 11 is 0. The van der Waals surface area contributed by atoms with Crippen molar-refractivity contribution in [3.05, 3.63) is 151 Å². The third-order valence-corrected chi connectivity index (χ3v) is 10.0. The average molecular weight is 592 g/mol. The summed E-state index contributed by atoms with van der Waals surface area (Å²) in [6.07, 6.45) is 0. The summed E-state index contributed by atoms with van der Waals surface area (Å²) in [4.78, 5) is 2.35. The van der Waals surface area contributed by atoms with Crippen LogP contribution in [0.15, 0.2) is 148 Å². The maximum atomic E-state index is 6.49. The number of benzene rings is 7. The fourth-order valence-corrected chi connectivity index (χ4v) is 7.78. The van der Waals surface area contributed by atoms with Crippen LogP contribution in [-0.2, 0) is 5.41 Å². The number of para-hydroxylation sites is 2. The molecule has 0 saturated heterocycles. The molecular formula is C43H29NO2. The summed E-state index contributed by atoms with van der Waals surface area (Å²) < 4.78 is 12.9. The van der Waals surface area contributed by atoms with Crippen LogP contribution in [0.1, 0.15) is 25.0 Å². The van der Waals surface area contributed by atoms with Crippen molar-refractivity contribution >= 4 is 71.7 Å². The first-order chi connectivity index (χ1) is 22.5. The van der Waals surface area contributed by atoms with E-state index in [1.807, 2.05) is 24.3 Å². The predicted molar refractivity (Wildman–Crippen MR) is 191 cm³/mol. The molecule has 1 aliphatic carbocycles. The van der Waals surface area contributed by atoms with Crippen LogP contribution in [0.5, 0.6) is 0 Å². The van der Waals surface area contributed by atoms with Crippen LogP contribution in [0.3, 0.4) is 0 Å². The zero-order chi connectivity index (χ0) is 30.6. The van der Waals surface area contributed by atoms with E-state index in [2.05, 4.69) is 134 Å². The Labute approximate surface area is 265 Å². The van der Waals surface area contributed by atoms with Gasteiger partial charge in [-0.05, 0) is 82.2 Å². The molecule has 0 fully saturated rings. The molecule has 0 N–H and O–H groups in total. The molecule has 0 atom stereocenters. The summed E-state index contributed by atoms with van der Waals surface area (Å²) in [6, 6.07) is 49.9. The molecule has 0 bridgehead atoms. The number of hydrogen-bond acceptors (Lipinski definition) is 3. The van der Waals surface area contributed by atoms with Gasteiger partial charge in [0.2, 0.25) is 0 Å². The minimum absolute atomic E-state index is 0.0572. The molecule has 3 heteroatoms. The van der Waals surface area contributed by atoms with Gasteiger partial charge in [0.1, 0.15) is 22.3 Å². The van der Waals surface area contributed by atoms with E-state index in [1.54, 1.807) is 0 Å². The Morgan fingerprint density at radius 2 is 1.02 bits per heavy atom. The molecule has 0 amide bonds. The lowest BCUT2D eigenvalue weighted by Crippen LogP contribution is -2.15. The number of fused-ring (bicyclic) bond motifs is 11. The highest BCUT2D eigenvalue weighted by Crippen LogP contribution is 2.51. The molecule has 0 saturated carbocycles. The number of anilines is 3. The highest BCUT2D eigenvalue weighted by Gasteiger charge is 2.35. The van der Waals surface area contributed by atoms with Crippen LogP contribution < -0.4 is 4.90 Å². The van der Waals surface area contributed by atoms with Crippen molar-refractivity contribution in [3.63, 3.8) is 0 Å². The summed E-state index contributed by atoms with van der Waals surface area (Å²) in [6.45, 7) is 4.65. The zero-order valence-corrected chi connectivity index (χ0v) is 25.5. The second-order valence-electron chi connectivity index (χ2n) is 13.0. The van der Waals surface area contributed by atoms with Crippen molar-refractivity contribution in [3.8, 4) is 11.1 Å². The predicted octanol–water partition coefficient (Wildman–Crippen LogP) is 12.4. The topological polar surface area (TPSA) is 29.5 Å². The molecule has 9 aromatic rings. The fraction of sp³-hybridized carbons (Fsp3) is 0.0698. The van der Waals surface area contributed by atoms with Crippen LogP contribution in [0.4, 0.5) is 17.1 Å². The van der Waals surface area contributed by atoms with Crippen molar-refractivity contribution < 1.29 is 8.83 Å². The minimum Gasteiger partial charge on any atom is -0.456 e. The number of nitrogens with zero attached hydrogens (tertiary/aromatic N) is 1. The molecule has 2 aromatic heterocycles. The fourth-order valence-electron chi connectivity index (χ4n) is 7.78. The molecule has 0 radical (unpaired) electrons. The first-order valence-electron chi connectivity index (χ1n) is 15.8. The highest BCUT2D eigenvalue weighted by atomic mass is 16.3. The van der Waals surface area contributed by atoms with Gasteiger partial charge in [-0.25, -0.2) is 0 Å². The lowest BCUT2D eigenvalue weighted by molar-refractivity contribution is 0.660. The molecule has 0 unspecified atom stereocenters. The first-order valence-corrected chi connectivity index (χ1v) is 15.8. The summed E-state index contributed by atoms with van der Waals surface area (Å²) in [5, 5.41) is 6.75. The van der Waals surface area contributed by atoms with Crippen molar-refractivity contribution in [1.82, 2.24) is 0 Å². The van der Waals surface area contributed by atoms with E-state index >= 15 is 0 Å². The third kappa shape index (κ3) is 3.48. The van der Waals surface area contributed by atoms with Crippen molar-refractivity contribution in [2.45, 2.75) is 19.3 Å². The average Bonchev–Trinajstić information content (AvgIpc) is 3.73. The van der Waals surface area contributed by atoms with Gasteiger partial charge in [-0.2, -0.15) is 0 Å². The van der Waals surface area contributed by atoms with Crippen LogP contribution in [-0.4, -0.2) is 0 Å². The van der Waals surface area contributed by atoms with Crippen molar-refractivity contribution in [2.75, 3.05) is 4.90 Å². The number of rotatable bonds is 3. The second kappa shape index (κ2) is 9.12. The Kier molecular flexibility index (Phi) is 5.06. The van der Waals surface area contributed by atoms with Gasteiger partial charge in [0, 0.05) is 55.5 Å². The van der Waals surface area contributed by atoms with Gasteiger partial charge in [0.05, 0.1) is 0 Å². The SMILES string of the molecule is CC1(C)c2ccccc2-c2cc(N(c3ccc4c(c3)oc3ccccc34)c3ccc4ccc5c6ccccc6oc5c4c3)ccc21. The van der Waals surface area contributed by atoms with E-state index in [0.717, 1.165) is 71.7 Å². The van der Waals surface area contributed by atoms with Crippen LogP contribution in [0.25, 0.3) is 65.8 Å². The quantitative estimate of drug-likeness (QED) is 0.205. The van der Waals surface area contributed by atoms with E-state index < -0.39 is 0 Å². The molecule has 2 heterocycles. The summed E-state index contributed by atoms with van der Waals surface area (Å²) in [5.41, 5.74) is 12.0. The van der Waals surface area contributed by atoms with Gasteiger partial charge in [-0.3, -0.25) is 0 Å². The van der Waals surface area contributed by atoms with Gasteiger partial charge < -0.3 is 13.7 Å². The van der Waals surface area contributed by atoms with E-state index in [0.29, 0.717) is 0 Å². The molecule has 46 heavy (non-hydrogen) atoms. The number of furan rings is 2. The Bertz CT molecular complexity index is 2690. The maximum Gasteiger partial charge on any atom is 0.143 e. The van der Waals surface area contributed by atoms with Gasteiger partial charge in [0.25, 0.3) is 0 Å². The largest absolute Gasteiger partial charge is 0.456 e. The number of hydrogen-bond donors (Lipinski definition) is 0. The van der Waals surface area contributed by atoms with Crippen molar-refractivity contribution in [2.24, 2.45) is 0 Å². The van der Waals surface area contributed by atoms with E-state index in [-0.39, 0.29) is 5.41 Å². The van der Waals surface area contributed by atoms with Gasteiger partial charge in [-0.15, -0.1) is 0 Å². The maximum absolute atomic E-state index is 6.49. The van der Waals surface area contributed by atoms with E-state index in [4.69, 9.17) is 8.83 Å². The van der Waals surface area contributed by atoms with Gasteiger partial charge in [0.15, 0.2) is 0 Å². The van der Waals surface area contributed by atoms with Crippen LogP contribution in [0, 0.1) is 0 Å². The Balaban J connectivity index is 1.23. The smallest absolute Gasteiger partial charge is 0.143 e. The van der Waals surface area contributed by atoms with Crippen LogP contribution >= 0.6 is 0 Å². The molecule has 3 nitrogen and oxygen atoms in total. The Morgan fingerprint density at radius 1 is 0.435 bits per heavy atom. The zero-order valence-electron chi connectivity index (χ0n) is 25.5. The molecule has 1 aliphatic rings. The molecule has 0 spiro atoms. The standard InChI is InChI=1S/C43H29NO2/c1-43(2)37-12-6-3-9-30(37)36-24-28(19-22-38(36)43)44(29-18-21-33-31-10-4-7-13-39(31)45-41(33)25-29)27-17-15-26-16-20-34-32-11-5-8-14-40(32)46-42(34)35(26)23-27/h3-25H,1-2H3. The monoisotopic (exact) mass is 591 g/mol. The molecule has 7 aromatic carbocycles. The summed E-state index contributed by atoms with van der Waals surface area (Å²) in [5.74, 6) is 0. The second-order valence-corrected chi connectivity index (χ2v) is 13.0. The molecular weight excluding hydrogens is 562 g/mol. The molecule has 0 aliphatic heterocycles. The van der Waals surface area contributed by atoms with Crippen molar-refractivity contribution in [1.29, 1.82) is 0 Å². The highest BCUT2D eigenvalue weighted by molar-refractivity contribution is 6.15. The Morgan fingerprint density at radius 3 is 1.89 bits per heavy atom.